The molecule has 5 nitrogen and oxygen atoms in total. The van der Waals surface area contributed by atoms with Gasteiger partial charge in [-0.05, 0) is 29.5 Å². The van der Waals surface area contributed by atoms with Crippen molar-refractivity contribution in [1.82, 2.24) is 5.32 Å². The first-order chi connectivity index (χ1) is 9.91. The Hall–Kier alpha value is -1.05. The molecule has 0 aliphatic carbocycles. The summed E-state index contributed by atoms with van der Waals surface area (Å²) in [6.45, 7) is 4.15. The number of amides is 1. The van der Waals surface area contributed by atoms with Gasteiger partial charge in [0.2, 0.25) is 5.91 Å². The zero-order chi connectivity index (χ0) is 15.8. The quantitative estimate of drug-likeness (QED) is 0.603. The van der Waals surface area contributed by atoms with Crippen molar-refractivity contribution in [3.63, 3.8) is 0 Å². The van der Waals surface area contributed by atoms with Crippen molar-refractivity contribution in [3.8, 4) is 0 Å². The Morgan fingerprint density at radius 1 is 1.48 bits per heavy atom. The molecular formula is C14H22N2O3S2. The van der Waals surface area contributed by atoms with Gasteiger partial charge >= 0.3 is 5.97 Å². The van der Waals surface area contributed by atoms with E-state index in [2.05, 4.69) is 19.2 Å². The van der Waals surface area contributed by atoms with Crippen LogP contribution in [0.1, 0.15) is 31.2 Å². The summed E-state index contributed by atoms with van der Waals surface area (Å²) in [5, 5.41) is 13.7. The van der Waals surface area contributed by atoms with Crippen LogP contribution in [0.4, 0.5) is 0 Å². The van der Waals surface area contributed by atoms with E-state index in [4.69, 9.17) is 10.8 Å². The molecule has 0 bridgehead atoms. The molecule has 0 fully saturated rings. The lowest BCUT2D eigenvalue weighted by atomic mass is 10.0. The van der Waals surface area contributed by atoms with Gasteiger partial charge < -0.3 is 16.2 Å². The molecule has 1 aromatic heterocycles. The molecule has 7 heteroatoms. The van der Waals surface area contributed by atoms with E-state index in [1.165, 1.54) is 11.8 Å². The Labute approximate surface area is 133 Å². The number of carbonyl (C=O) groups excluding carboxylic acids is 1. The molecule has 0 aliphatic rings. The smallest absolute Gasteiger partial charge is 0.320 e. The lowest BCUT2D eigenvalue weighted by molar-refractivity contribution is -0.138. The summed E-state index contributed by atoms with van der Waals surface area (Å²) >= 11 is 3.04. The minimum atomic E-state index is -1.00. The van der Waals surface area contributed by atoms with E-state index >= 15 is 0 Å². The molecule has 0 spiro atoms. The molecule has 0 saturated carbocycles. The van der Waals surface area contributed by atoms with Crippen LogP contribution in [0.15, 0.2) is 17.5 Å². The number of thiophene rings is 1. The molecule has 1 amide bonds. The van der Waals surface area contributed by atoms with Crippen LogP contribution in [0.5, 0.6) is 0 Å². The van der Waals surface area contributed by atoms with Gasteiger partial charge in [-0.15, -0.1) is 11.3 Å². The number of hydrogen-bond acceptors (Lipinski definition) is 5. The molecule has 2 unspecified atom stereocenters. The zero-order valence-corrected chi connectivity index (χ0v) is 13.9. The average Bonchev–Trinajstić information content (AvgIpc) is 2.93. The summed E-state index contributed by atoms with van der Waals surface area (Å²) in [4.78, 5) is 23.7. The summed E-state index contributed by atoms with van der Waals surface area (Å²) in [5.41, 5.74) is 5.41. The fraction of sp³-hybridized carbons (Fsp3) is 0.571. The van der Waals surface area contributed by atoms with Gasteiger partial charge in [0.15, 0.2) is 0 Å². The van der Waals surface area contributed by atoms with Gasteiger partial charge in [-0.1, -0.05) is 19.9 Å². The maximum absolute atomic E-state index is 12.0. The molecule has 0 aliphatic heterocycles. The molecule has 0 saturated heterocycles. The first-order valence-corrected chi connectivity index (χ1v) is 8.84. The maximum Gasteiger partial charge on any atom is 0.320 e. The van der Waals surface area contributed by atoms with E-state index in [0.29, 0.717) is 23.8 Å². The number of aliphatic carboxylic acids is 1. The van der Waals surface area contributed by atoms with Crippen LogP contribution < -0.4 is 11.1 Å². The summed E-state index contributed by atoms with van der Waals surface area (Å²) in [5.74, 6) is 0.166. The van der Waals surface area contributed by atoms with Gasteiger partial charge in [-0.2, -0.15) is 11.8 Å². The molecular weight excluding hydrogens is 308 g/mol. The molecule has 2 atom stereocenters. The zero-order valence-electron chi connectivity index (χ0n) is 12.2. The SMILES string of the molecule is CC(C)C(NC(=O)CSCCC(N)C(=O)O)c1cccs1. The average molecular weight is 330 g/mol. The van der Waals surface area contributed by atoms with E-state index in [-0.39, 0.29) is 11.9 Å². The predicted octanol–water partition coefficient (Wildman–Crippen LogP) is 2.10. The minimum Gasteiger partial charge on any atom is -0.480 e. The number of thioether (sulfide) groups is 1. The number of nitrogens with one attached hydrogen (secondary N) is 1. The van der Waals surface area contributed by atoms with Crippen LogP contribution >= 0.6 is 23.1 Å². The Morgan fingerprint density at radius 3 is 2.71 bits per heavy atom. The highest BCUT2D eigenvalue weighted by molar-refractivity contribution is 7.99. The first kappa shape index (κ1) is 18.0. The van der Waals surface area contributed by atoms with Crippen LogP contribution in [0, 0.1) is 5.92 Å². The van der Waals surface area contributed by atoms with Crippen LogP contribution in [0.3, 0.4) is 0 Å². The van der Waals surface area contributed by atoms with Gasteiger partial charge in [-0.25, -0.2) is 0 Å². The normalized spacial score (nSPS) is 13.9. The lowest BCUT2D eigenvalue weighted by Crippen LogP contribution is -2.33. The predicted molar refractivity (Wildman–Crippen MR) is 87.6 cm³/mol. The van der Waals surface area contributed by atoms with Gasteiger partial charge in [0.1, 0.15) is 6.04 Å². The van der Waals surface area contributed by atoms with E-state index in [1.54, 1.807) is 11.3 Å². The number of nitrogens with two attached hydrogens (primary N) is 1. The van der Waals surface area contributed by atoms with E-state index in [9.17, 15) is 9.59 Å². The van der Waals surface area contributed by atoms with Crippen LogP contribution in [-0.4, -0.2) is 34.5 Å². The number of rotatable bonds is 9. The van der Waals surface area contributed by atoms with Crippen molar-refractivity contribution >= 4 is 35.0 Å². The Kier molecular flexibility index (Phi) is 7.77. The van der Waals surface area contributed by atoms with Gasteiger partial charge in [0.05, 0.1) is 11.8 Å². The third kappa shape index (κ3) is 6.50. The second kappa shape index (κ2) is 9.07. The highest BCUT2D eigenvalue weighted by atomic mass is 32.2. The molecule has 118 valence electrons. The lowest BCUT2D eigenvalue weighted by Gasteiger charge is -2.21. The largest absolute Gasteiger partial charge is 0.480 e. The van der Waals surface area contributed by atoms with Crippen molar-refractivity contribution in [2.45, 2.75) is 32.4 Å². The summed E-state index contributed by atoms with van der Waals surface area (Å²) < 4.78 is 0. The number of hydrogen-bond donors (Lipinski definition) is 3. The summed E-state index contributed by atoms with van der Waals surface area (Å²) in [6, 6.07) is 3.17. The highest BCUT2D eigenvalue weighted by Gasteiger charge is 2.19. The van der Waals surface area contributed by atoms with Gasteiger partial charge in [0.25, 0.3) is 0 Å². The number of carboxylic acids is 1. The molecule has 1 rings (SSSR count). The third-order valence-corrected chi connectivity index (χ3v) is 4.90. The van der Waals surface area contributed by atoms with Crippen molar-refractivity contribution in [2.75, 3.05) is 11.5 Å². The van der Waals surface area contributed by atoms with Gasteiger partial charge in [-0.3, -0.25) is 9.59 Å². The van der Waals surface area contributed by atoms with E-state index in [1.807, 2.05) is 17.5 Å². The van der Waals surface area contributed by atoms with E-state index in [0.717, 1.165) is 4.88 Å². The Morgan fingerprint density at radius 2 is 2.19 bits per heavy atom. The summed E-state index contributed by atoms with van der Waals surface area (Å²) in [6.07, 6.45) is 0.367. The van der Waals surface area contributed by atoms with Crippen LogP contribution in [-0.2, 0) is 9.59 Å². The Bertz CT molecular complexity index is 449. The maximum atomic E-state index is 12.0. The number of carbonyl (C=O) groups is 2. The molecule has 0 radical (unpaired) electrons. The molecule has 1 heterocycles. The minimum absolute atomic E-state index is 0.0272. The topological polar surface area (TPSA) is 92.4 Å². The highest BCUT2D eigenvalue weighted by Crippen LogP contribution is 2.25. The first-order valence-electron chi connectivity index (χ1n) is 6.80. The van der Waals surface area contributed by atoms with Crippen molar-refractivity contribution in [2.24, 2.45) is 11.7 Å². The second-order valence-electron chi connectivity index (χ2n) is 5.09. The van der Waals surface area contributed by atoms with Crippen molar-refractivity contribution in [1.29, 1.82) is 0 Å². The molecule has 0 aromatic carbocycles. The fourth-order valence-corrected chi connectivity index (χ4v) is 3.53. The van der Waals surface area contributed by atoms with Crippen LogP contribution in [0.25, 0.3) is 0 Å². The van der Waals surface area contributed by atoms with Crippen molar-refractivity contribution in [3.05, 3.63) is 22.4 Å². The number of carboxylic acid groups (broad SMARTS) is 1. The monoisotopic (exact) mass is 330 g/mol. The molecule has 4 N–H and O–H groups in total. The standard InChI is InChI=1S/C14H22N2O3S2/c1-9(2)13(11-4-3-6-21-11)16-12(17)8-20-7-5-10(15)14(18)19/h3-4,6,9-10,13H,5,7-8,15H2,1-2H3,(H,16,17)(H,18,19). The van der Waals surface area contributed by atoms with E-state index < -0.39 is 12.0 Å². The molecule has 21 heavy (non-hydrogen) atoms. The second-order valence-corrected chi connectivity index (χ2v) is 7.18. The summed E-state index contributed by atoms with van der Waals surface area (Å²) in [7, 11) is 0. The fourth-order valence-electron chi connectivity index (χ4n) is 1.75. The Balaban J connectivity index is 2.33. The molecule has 1 aromatic rings. The van der Waals surface area contributed by atoms with Gasteiger partial charge in [0, 0.05) is 4.88 Å². The van der Waals surface area contributed by atoms with Crippen molar-refractivity contribution < 1.29 is 14.7 Å². The van der Waals surface area contributed by atoms with Crippen LogP contribution in [0.2, 0.25) is 0 Å². The third-order valence-electron chi connectivity index (χ3n) is 2.96.